The molecular formula is C52H97NaO16S. The van der Waals surface area contributed by atoms with Crippen molar-refractivity contribution in [3.8, 4) is 0 Å². The molecule has 18 heteroatoms. The molecule has 0 aromatic carbocycles. The van der Waals surface area contributed by atoms with Gasteiger partial charge in [0, 0.05) is 6.42 Å². The van der Waals surface area contributed by atoms with E-state index < -0.39 is 103 Å². The first-order valence-electron chi connectivity index (χ1n) is 27.4. The second kappa shape index (κ2) is 40.8. The predicted octanol–water partition coefficient (Wildman–Crippen LogP) is 5.99. The molecular weight excluding hydrogens is 936 g/mol. The summed E-state index contributed by atoms with van der Waals surface area (Å²) in [5.74, 6) is -1.93. The number of hydrogen-bond donors (Lipinski definition) is 5. The van der Waals surface area contributed by atoms with Crippen LogP contribution in [-0.2, 0) is 47.9 Å². The normalized spacial score (nSPS) is 25.8. The number of carbonyl (C=O) groups is 2. The fraction of sp³-hybridized carbons (Fsp3) is 0.962. The van der Waals surface area contributed by atoms with Gasteiger partial charge in [-0.1, -0.05) is 214 Å². The molecule has 2 saturated heterocycles. The van der Waals surface area contributed by atoms with Crippen LogP contribution in [0.1, 0.15) is 233 Å². The molecule has 16 nitrogen and oxygen atoms in total. The summed E-state index contributed by atoms with van der Waals surface area (Å²) in [5, 5.41) is 52.7. The van der Waals surface area contributed by atoms with Gasteiger partial charge in [0.25, 0.3) is 0 Å². The fourth-order valence-electron chi connectivity index (χ4n) is 9.55. The minimum atomic E-state index is -5.55. The van der Waals surface area contributed by atoms with E-state index in [1.165, 1.54) is 141 Å². The summed E-state index contributed by atoms with van der Waals surface area (Å²) in [7, 11) is -5.55. The number of carbonyl (C=O) groups excluding carboxylic acids is 2. The Labute approximate surface area is 445 Å². The standard InChI is InChI=1S/C52H98O16S.Na/c1-5-7-9-11-13-15-17-19-20-21-23-24-26-28-30-32-34-39(3)36-40(4)50(59)66-47-45(57)42(38-54)64-52(67-51-48(68-69(60,61)62)46(58)44(56)41(37-53)63-51)49(47)65-43(55)35-33-31-29-27-25-22-18-16-14-12-10-8-6-2;/h39-42,44-49,51-54,56-58H,5-38H2,1-4H3,(H,60,61,62);/q;+1/p-1/t39-,40-,41+,42+,44+,45+,46-,47-,48+,49+,51+,52+;/m0./s1. The van der Waals surface area contributed by atoms with Crippen molar-refractivity contribution in [1.82, 2.24) is 0 Å². The van der Waals surface area contributed by atoms with E-state index in [1.54, 1.807) is 6.92 Å². The molecule has 0 aliphatic carbocycles. The average molecular weight is 1030 g/mol. The number of aliphatic hydroxyl groups is 5. The number of ether oxygens (including phenoxy) is 5. The Morgan fingerprint density at radius 3 is 1.34 bits per heavy atom. The van der Waals surface area contributed by atoms with E-state index in [2.05, 4.69) is 25.0 Å². The van der Waals surface area contributed by atoms with Gasteiger partial charge in [-0.3, -0.25) is 13.8 Å². The number of esters is 2. The Kier molecular flexibility index (Phi) is 39.3. The van der Waals surface area contributed by atoms with Crippen molar-refractivity contribution in [2.75, 3.05) is 13.2 Å². The van der Waals surface area contributed by atoms with E-state index in [0.29, 0.717) is 12.8 Å². The third kappa shape index (κ3) is 29.0. The summed E-state index contributed by atoms with van der Waals surface area (Å²) < 4.78 is 68.5. The number of unbranched alkanes of at least 4 members (excludes halogenated alkanes) is 27. The maximum absolute atomic E-state index is 13.8. The first kappa shape index (κ1) is 67.5. The molecule has 0 radical (unpaired) electrons. The zero-order chi connectivity index (χ0) is 50.9. The Hall–Kier alpha value is -0.510. The van der Waals surface area contributed by atoms with Crippen LogP contribution in [0.5, 0.6) is 0 Å². The molecule has 0 bridgehead atoms. The van der Waals surface area contributed by atoms with Gasteiger partial charge in [-0.25, -0.2) is 8.42 Å². The van der Waals surface area contributed by atoms with Gasteiger partial charge in [-0.15, -0.1) is 0 Å². The Morgan fingerprint density at radius 2 is 0.929 bits per heavy atom. The van der Waals surface area contributed by atoms with Crippen LogP contribution in [0.25, 0.3) is 0 Å². The van der Waals surface area contributed by atoms with Crippen LogP contribution in [0, 0.1) is 11.8 Å². The van der Waals surface area contributed by atoms with Crippen molar-refractivity contribution in [1.29, 1.82) is 0 Å². The van der Waals surface area contributed by atoms with E-state index in [4.69, 9.17) is 23.7 Å². The average Bonchev–Trinajstić information content (AvgIpc) is 3.31. The SMILES string of the molecule is CCCCCCCCCCCCCCCCCC[C@H](C)C[C@H](C)C(=O)O[C@H]1[C@H](O)[C@@H](CO)O[C@H](O[C@H]2O[C@H](CO)[C@@H](O)[C@H](O)[C@H]2OS(=O)(=O)[O-])[C@@H]1OC(=O)CCCCCCCCCCCCCCC.[Na+]. The van der Waals surface area contributed by atoms with Gasteiger partial charge in [0.15, 0.2) is 24.6 Å². The number of hydrogen-bond acceptors (Lipinski definition) is 16. The van der Waals surface area contributed by atoms with Gasteiger partial charge in [0.1, 0.15) is 30.5 Å². The molecule has 0 spiro atoms. The molecule has 12 atom stereocenters. The van der Waals surface area contributed by atoms with E-state index in [-0.39, 0.29) is 41.9 Å². The fourth-order valence-corrected chi connectivity index (χ4v) is 10.0. The minimum Gasteiger partial charge on any atom is -0.726 e. The summed E-state index contributed by atoms with van der Waals surface area (Å²) in [4.78, 5) is 27.2. The van der Waals surface area contributed by atoms with E-state index in [0.717, 1.165) is 44.9 Å². The topological polar surface area (TPSA) is 248 Å². The van der Waals surface area contributed by atoms with E-state index >= 15 is 0 Å². The zero-order valence-corrected chi connectivity index (χ0v) is 46.9. The van der Waals surface area contributed by atoms with Crippen LogP contribution in [0.3, 0.4) is 0 Å². The van der Waals surface area contributed by atoms with Crippen LogP contribution >= 0.6 is 0 Å². The monoisotopic (exact) mass is 1030 g/mol. The Bertz CT molecular complexity index is 1410. The molecule has 0 amide bonds. The Morgan fingerprint density at radius 1 is 0.543 bits per heavy atom. The smallest absolute Gasteiger partial charge is 0.726 e. The number of rotatable bonds is 42. The third-order valence-corrected chi connectivity index (χ3v) is 14.3. The molecule has 0 unspecified atom stereocenters. The van der Waals surface area contributed by atoms with Crippen molar-refractivity contribution < 1.29 is 106 Å². The van der Waals surface area contributed by atoms with Crippen LogP contribution < -0.4 is 29.6 Å². The number of aliphatic hydroxyl groups excluding tert-OH is 5. The zero-order valence-electron chi connectivity index (χ0n) is 44.1. The van der Waals surface area contributed by atoms with Crippen molar-refractivity contribution in [2.45, 2.75) is 295 Å². The summed E-state index contributed by atoms with van der Waals surface area (Å²) in [5.41, 5.74) is 0. The van der Waals surface area contributed by atoms with Crippen molar-refractivity contribution in [3.63, 3.8) is 0 Å². The van der Waals surface area contributed by atoms with Crippen LogP contribution in [0.15, 0.2) is 0 Å². The van der Waals surface area contributed by atoms with E-state index in [1.807, 2.05) is 0 Å². The molecule has 2 rings (SSSR count). The Balaban J connectivity index is 0.0000245. The van der Waals surface area contributed by atoms with Gasteiger partial charge in [0.2, 0.25) is 16.7 Å². The first-order valence-corrected chi connectivity index (χ1v) is 28.8. The third-order valence-electron chi connectivity index (χ3n) is 13.8. The summed E-state index contributed by atoms with van der Waals surface area (Å²) in [6.45, 7) is 6.52. The molecule has 70 heavy (non-hydrogen) atoms. The summed E-state index contributed by atoms with van der Waals surface area (Å²) >= 11 is 0. The molecule has 0 aromatic heterocycles. The van der Waals surface area contributed by atoms with Crippen LogP contribution in [0.4, 0.5) is 0 Å². The molecule has 0 aromatic rings. The molecule has 2 aliphatic heterocycles. The summed E-state index contributed by atoms with van der Waals surface area (Å²) in [6, 6.07) is 0. The van der Waals surface area contributed by atoms with Crippen molar-refractivity contribution >= 4 is 22.3 Å². The van der Waals surface area contributed by atoms with Gasteiger partial charge >= 0.3 is 41.5 Å². The summed E-state index contributed by atoms with van der Waals surface area (Å²) in [6.07, 6.45) is 17.8. The first-order chi connectivity index (χ1) is 33.2. The molecule has 2 heterocycles. The van der Waals surface area contributed by atoms with Gasteiger partial charge in [-0.05, 0) is 18.8 Å². The maximum Gasteiger partial charge on any atom is 1.00 e. The molecule has 2 aliphatic rings. The van der Waals surface area contributed by atoms with Gasteiger partial charge < -0.3 is 53.8 Å². The second-order valence-corrected chi connectivity index (χ2v) is 21.2. The largest absolute Gasteiger partial charge is 1.00 e. The quantitative estimate of drug-likeness (QED) is 0.0155. The van der Waals surface area contributed by atoms with Crippen LogP contribution in [-0.4, -0.2) is 125 Å². The predicted molar refractivity (Wildman–Crippen MR) is 262 cm³/mol. The minimum absolute atomic E-state index is 0. The van der Waals surface area contributed by atoms with Crippen molar-refractivity contribution in [2.24, 2.45) is 11.8 Å². The van der Waals surface area contributed by atoms with E-state index in [9.17, 15) is 48.1 Å². The molecule has 0 saturated carbocycles. The van der Waals surface area contributed by atoms with Crippen molar-refractivity contribution in [3.05, 3.63) is 0 Å². The van der Waals surface area contributed by atoms with Crippen LogP contribution in [0.2, 0.25) is 0 Å². The molecule has 408 valence electrons. The maximum atomic E-state index is 13.8. The van der Waals surface area contributed by atoms with Gasteiger partial charge in [0.05, 0.1) is 19.1 Å². The van der Waals surface area contributed by atoms with Gasteiger partial charge in [-0.2, -0.15) is 0 Å². The molecule has 5 N–H and O–H groups in total. The second-order valence-electron chi connectivity index (χ2n) is 20.2. The molecule has 2 fully saturated rings.